The summed E-state index contributed by atoms with van der Waals surface area (Å²) in [5.74, 6) is -2.81. The number of carbonyl (C=O) groups excluding carboxylic acids is 3. The molecule has 2 aliphatic carbocycles. The van der Waals surface area contributed by atoms with Gasteiger partial charge in [-0.25, -0.2) is 28.3 Å². The van der Waals surface area contributed by atoms with E-state index in [1.54, 1.807) is 44.4 Å². The Bertz CT molecular complexity index is 3480. The molecule has 6 aromatic rings. The number of amides is 1. The Kier molecular flexibility index (Phi) is 9.75. The fourth-order valence-corrected chi connectivity index (χ4v) is 11.5. The van der Waals surface area contributed by atoms with Crippen molar-refractivity contribution in [2.75, 3.05) is 6.61 Å². The molecule has 0 bridgehead atoms. The molecule has 4 aliphatic heterocycles. The molecule has 0 radical (unpaired) electrons. The van der Waals surface area contributed by atoms with Crippen molar-refractivity contribution in [3.05, 3.63) is 123 Å². The number of halogens is 2. The number of hydrogen-bond acceptors (Lipinski definition) is 13. The van der Waals surface area contributed by atoms with Crippen LogP contribution in [0.1, 0.15) is 118 Å². The highest BCUT2D eigenvalue weighted by Gasteiger charge is 2.47. The van der Waals surface area contributed by atoms with E-state index >= 15 is 0 Å². The van der Waals surface area contributed by atoms with Gasteiger partial charge in [0.15, 0.2) is 11.2 Å². The second-order valence-electron chi connectivity index (χ2n) is 18.6. The average Bonchev–Trinajstić information content (AvgIpc) is 3.89. The lowest BCUT2D eigenvalue weighted by molar-refractivity contribution is -0.172. The number of nitrogens with zero attached hydrogens (tertiary/aromatic N) is 4. The molecule has 0 fully saturated rings. The standard InChI is InChI=1S/C26H24FN3O6.C24H22FN3O4/c1-3-26(35)15-6-19-23-13(8-30(19)24(33)14(15)10-36-25(26)34)22-17(28-20(32)9-31)5-4-12-11(2)16(27)7-18(29-23)21(12)22;1-3-24(31)14-6-18-21-12(8-28(18)22(29)13(14)9-32-23(24)30)19-16(26)5-4-11-10(2)15(25)7-17(27-21)20(11)19/h6-7,17,31,35H,3-5,8-10H2,1-2H3,(H,28,32);6-7,16,31H,3-5,8-9,26H2,1-2H3/t17-,26-;16-,24-/m00/s1. The predicted octanol–water partition coefficient (Wildman–Crippen LogP) is 4.10. The molecule has 4 aromatic heterocycles. The number of aliphatic hydroxyl groups excluding tert-OH is 1. The van der Waals surface area contributed by atoms with Crippen molar-refractivity contribution in [2.45, 2.75) is 116 Å². The Hall–Kier alpha value is -6.73. The van der Waals surface area contributed by atoms with Crippen molar-refractivity contribution >= 4 is 39.7 Å². The van der Waals surface area contributed by atoms with E-state index in [2.05, 4.69) is 5.32 Å². The number of aromatic nitrogens is 4. The summed E-state index contributed by atoms with van der Waals surface area (Å²) in [7, 11) is 0. The number of ether oxygens (including phenoxy) is 2. The maximum absolute atomic E-state index is 14.9. The molecule has 0 spiro atoms. The number of benzene rings is 2. The van der Waals surface area contributed by atoms with E-state index in [1.807, 2.05) is 0 Å². The van der Waals surface area contributed by atoms with E-state index in [0.717, 1.165) is 38.6 Å². The van der Waals surface area contributed by atoms with Crippen LogP contribution in [0.5, 0.6) is 0 Å². The van der Waals surface area contributed by atoms with Crippen LogP contribution < -0.4 is 22.2 Å². The molecule has 6 aliphatic rings. The Morgan fingerprint density at radius 2 is 1.19 bits per heavy atom. The zero-order valence-electron chi connectivity index (χ0n) is 37.6. The number of rotatable bonds is 4. The van der Waals surface area contributed by atoms with Crippen LogP contribution in [0.2, 0.25) is 0 Å². The van der Waals surface area contributed by atoms with Crippen LogP contribution in [0.3, 0.4) is 0 Å². The first-order valence-corrected chi connectivity index (χ1v) is 22.7. The molecule has 0 unspecified atom stereocenters. The van der Waals surface area contributed by atoms with Gasteiger partial charge < -0.3 is 45.0 Å². The van der Waals surface area contributed by atoms with Gasteiger partial charge in [0.05, 0.1) is 64.1 Å². The Morgan fingerprint density at radius 3 is 1.66 bits per heavy atom. The van der Waals surface area contributed by atoms with Crippen molar-refractivity contribution in [3.63, 3.8) is 0 Å². The lowest BCUT2D eigenvalue weighted by Crippen LogP contribution is -2.44. The van der Waals surface area contributed by atoms with Gasteiger partial charge in [0.2, 0.25) is 5.91 Å². The van der Waals surface area contributed by atoms with E-state index < -0.39 is 53.1 Å². The zero-order valence-corrected chi connectivity index (χ0v) is 37.6. The molecular weight excluding hydrogens is 883 g/mol. The van der Waals surface area contributed by atoms with Gasteiger partial charge in [0.25, 0.3) is 11.1 Å². The highest BCUT2D eigenvalue weighted by molar-refractivity contribution is 5.95. The number of fused-ring (bicyclic) bond motifs is 10. The third-order valence-corrected chi connectivity index (χ3v) is 15.3. The summed E-state index contributed by atoms with van der Waals surface area (Å²) in [6.45, 7) is 6.14. The fraction of sp³-hybridized carbons (Fsp3) is 0.380. The van der Waals surface area contributed by atoms with E-state index in [4.69, 9.17) is 25.2 Å². The quantitative estimate of drug-likeness (QED) is 0.157. The number of hydrogen-bond donors (Lipinski definition) is 5. The molecule has 4 atom stereocenters. The fourth-order valence-electron chi connectivity index (χ4n) is 11.5. The number of aryl methyl sites for hydroxylation is 2. The van der Waals surface area contributed by atoms with Crippen LogP contribution in [-0.4, -0.2) is 58.9 Å². The molecule has 0 saturated heterocycles. The van der Waals surface area contributed by atoms with Gasteiger partial charge in [-0.05, 0) is 97.9 Å². The molecule has 6 N–H and O–H groups in total. The zero-order chi connectivity index (χ0) is 48.0. The van der Waals surface area contributed by atoms with Crippen molar-refractivity contribution < 1.29 is 48.0 Å². The van der Waals surface area contributed by atoms with Crippen molar-refractivity contribution in [1.82, 2.24) is 24.4 Å². The minimum atomic E-state index is -1.95. The molecule has 1 amide bonds. The van der Waals surface area contributed by atoms with Gasteiger partial charge in [0.1, 0.15) is 31.5 Å². The summed E-state index contributed by atoms with van der Waals surface area (Å²) in [6, 6.07) is 5.34. The molecular formula is C50H46F2N6O10. The summed E-state index contributed by atoms with van der Waals surface area (Å²) >= 11 is 0. The molecule has 68 heavy (non-hydrogen) atoms. The second kappa shape index (κ2) is 15.1. The molecule has 18 heteroatoms. The van der Waals surface area contributed by atoms with Crippen LogP contribution in [0, 0.1) is 25.5 Å². The minimum Gasteiger partial charge on any atom is -0.458 e. The Balaban J connectivity index is 0.000000150. The van der Waals surface area contributed by atoms with Crippen LogP contribution in [-0.2, 0) is 74.2 Å². The van der Waals surface area contributed by atoms with Crippen LogP contribution in [0.15, 0.2) is 33.9 Å². The third-order valence-electron chi connectivity index (χ3n) is 15.3. The highest BCUT2D eigenvalue weighted by atomic mass is 19.1. The van der Waals surface area contributed by atoms with E-state index in [9.17, 15) is 48.1 Å². The molecule has 16 nitrogen and oxygen atoms in total. The van der Waals surface area contributed by atoms with Crippen LogP contribution in [0.4, 0.5) is 8.78 Å². The molecule has 2 aromatic carbocycles. The maximum atomic E-state index is 14.9. The van der Waals surface area contributed by atoms with E-state index in [0.29, 0.717) is 76.2 Å². The number of nitrogens with two attached hydrogens (primary N) is 1. The van der Waals surface area contributed by atoms with Crippen molar-refractivity contribution in [3.8, 4) is 22.8 Å². The number of carbonyl (C=O) groups is 3. The summed E-state index contributed by atoms with van der Waals surface area (Å²) in [5.41, 5.74) is 11.8. The molecule has 350 valence electrons. The summed E-state index contributed by atoms with van der Waals surface area (Å²) in [6.07, 6.45) is 2.47. The Labute approximate surface area is 385 Å². The maximum Gasteiger partial charge on any atom is 0.343 e. The summed E-state index contributed by atoms with van der Waals surface area (Å²) in [4.78, 5) is 73.4. The predicted molar refractivity (Wildman–Crippen MR) is 240 cm³/mol. The van der Waals surface area contributed by atoms with Gasteiger partial charge in [-0.15, -0.1) is 0 Å². The largest absolute Gasteiger partial charge is 0.458 e. The lowest BCUT2D eigenvalue weighted by Gasteiger charge is -2.31. The monoisotopic (exact) mass is 928 g/mol. The smallest absolute Gasteiger partial charge is 0.343 e. The number of nitrogens with one attached hydrogen (secondary N) is 1. The van der Waals surface area contributed by atoms with Gasteiger partial charge in [-0.3, -0.25) is 14.4 Å². The molecule has 12 rings (SSSR count). The number of esters is 2. The molecule has 8 heterocycles. The van der Waals surface area contributed by atoms with Gasteiger partial charge in [0, 0.05) is 51.2 Å². The topological polar surface area (TPSA) is 238 Å². The highest BCUT2D eigenvalue weighted by Crippen LogP contribution is 2.48. The summed E-state index contributed by atoms with van der Waals surface area (Å²) in [5, 5.41) is 35.9. The first-order valence-electron chi connectivity index (χ1n) is 22.7. The first-order chi connectivity index (χ1) is 32.4. The van der Waals surface area contributed by atoms with Gasteiger partial charge >= 0.3 is 11.9 Å². The minimum absolute atomic E-state index is 0.0219. The third kappa shape index (κ3) is 5.86. The number of pyridine rings is 4. The van der Waals surface area contributed by atoms with Crippen molar-refractivity contribution in [1.29, 1.82) is 0 Å². The SMILES string of the molecule is CC[C@@]1(O)C(=O)OCc2c1cc1n(c2=O)Cc2c-1nc1cc(F)c(C)c3c1c2[C@@H](N)CC3.CC[C@@]1(O)C(=O)OCc2c1cc1n(c2=O)Cc2c-1nc1cc(F)c(C)c3c1c2[C@@H](NC(=O)CO)CC3. The van der Waals surface area contributed by atoms with Gasteiger partial charge in [-0.1, -0.05) is 13.8 Å². The van der Waals surface area contributed by atoms with Crippen molar-refractivity contribution in [2.24, 2.45) is 5.73 Å². The van der Waals surface area contributed by atoms with E-state index in [-0.39, 0.29) is 78.8 Å². The Morgan fingerprint density at radius 1 is 0.735 bits per heavy atom. The number of cyclic esters (lactones) is 2. The normalized spacial score (nSPS) is 22.3. The summed E-state index contributed by atoms with van der Waals surface area (Å²) < 4.78 is 42.9. The van der Waals surface area contributed by atoms with Crippen LogP contribution >= 0.6 is 0 Å². The van der Waals surface area contributed by atoms with Crippen LogP contribution in [0.25, 0.3) is 44.6 Å². The molecule has 0 saturated carbocycles. The van der Waals surface area contributed by atoms with Gasteiger partial charge in [-0.2, -0.15) is 0 Å². The van der Waals surface area contributed by atoms with E-state index in [1.165, 1.54) is 16.7 Å². The number of aliphatic hydroxyl groups is 3. The second-order valence-corrected chi connectivity index (χ2v) is 18.6. The lowest BCUT2D eigenvalue weighted by atomic mass is 9.81. The average molecular weight is 929 g/mol. The first kappa shape index (κ1) is 43.8.